The van der Waals surface area contributed by atoms with Crippen molar-refractivity contribution >= 4 is 6.08 Å². The highest BCUT2D eigenvalue weighted by Crippen LogP contribution is 2.24. The number of hydrogen-bond donors (Lipinski definition) is 0. The minimum Gasteiger partial charge on any atom is -0.0844 e. The Balaban J connectivity index is 3.36. The van der Waals surface area contributed by atoms with Crippen molar-refractivity contribution in [2.75, 3.05) is 0 Å². The quantitative estimate of drug-likeness (QED) is 0.601. The summed E-state index contributed by atoms with van der Waals surface area (Å²) in [5, 5.41) is 0. The molecule has 0 radical (unpaired) electrons. The van der Waals surface area contributed by atoms with E-state index < -0.39 is 0 Å². The first-order valence-electron chi connectivity index (χ1n) is 6.97. The van der Waals surface area contributed by atoms with Gasteiger partial charge in [0.1, 0.15) is 0 Å². The van der Waals surface area contributed by atoms with Gasteiger partial charge in [-0.1, -0.05) is 49.3 Å². The Hall–Kier alpha value is -1.30. The average molecular weight is 242 g/mol. The second kappa shape index (κ2) is 6.58. The van der Waals surface area contributed by atoms with E-state index in [1.54, 1.807) is 0 Å². The third kappa shape index (κ3) is 3.35. The monoisotopic (exact) mass is 242 g/mol. The second-order valence-electron chi connectivity index (χ2n) is 5.00. The molecule has 0 heterocycles. The first kappa shape index (κ1) is 14.8. The molecular formula is C18H26. The van der Waals surface area contributed by atoms with E-state index in [2.05, 4.69) is 65.8 Å². The molecule has 0 spiro atoms. The van der Waals surface area contributed by atoms with Crippen LogP contribution >= 0.6 is 0 Å². The number of allylic oxidation sites excluding steroid dienone is 3. The van der Waals surface area contributed by atoms with Gasteiger partial charge in [0.05, 0.1) is 0 Å². The van der Waals surface area contributed by atoms with Crippen LogP contribution in [0.1, 0.15) is 56.4 Å². The fourth-order valence-electron chi connectivity index (χ4n) is 2.51. The van der Waals surface area contributed by atoms with E-state index in [0.717, 1.165) is 12.8 Å². The molecule has 1 rings (SSSR count). The van der Waals surface area contributed by atoms with Crippen molar-refractivity contribution in [1.82, 2.24) is 0 Å². The molecule has 0 saturated heterocycles. The second-order valence-corrected chi connectivity index (χ2v) is 5.00. The van der Waals surface area contributed by atoms with Crippen LogP contribution in [0.5, 0.6) is 0 Å². The normalized spacial score (nSPS) is 13.0. The molecule has 0 bridgehead atoms. The van der Waals surface area contributed by atoms with Crippen LogP contribution in [0, 0.1) is 13.8 Å². The Kier molecular flexibility index (Phi) is 5.40. The Bertz CT molecular complexity index is 473. The van der Waals surface area contributed by atoms with Gasteiger partial charge in [-0.3, -0.25) is 0 Å². The lowest BCUT2D eigenvalue weighted by molar-refractivity contribution is 1.08. The van der Waals surface area contributed by atoms with Crippen molar-refractivity contribution in [1.29, 1.82) is 0 Å². The summed E-state index contributed by atoms with van der Waals surface area (Å²) < 4.78 is 0. The van der Waals surface area contributed by atoms with Crippen LogP contribution in [0.3, 0.4) is 0 Å². The van der Waals surface area contributed by atoms with Crippen molar-refractivity contribution < 1.29 is 0 Å². The van der Waals surface area contributed by atoms with Crippen molar-refractivity contribution in [2.45, 2.75) is 54.4 Å². The lowest BCUT2D eigenvalue weighted by Crippen LogP contribution is -1.94. The minimum atomic E-state index is 1.09. The van der Waals surface area contributed by atoms with Crippen molar-refractivity contribution in [3.05, 3.63) is 51.6 Å². The van der Waals surface area contributed by atoms with Gasteiger partial charge in [-0.15, -0.1) is 0 Å². The third-order valence-electron chi connectivity index (χ3n) is 3.66. The smallest absolute Gasteiger partial charge is 0.0217 e. The van der Waals surface area contributed by atoms with E-state index in [9.17, 15) is 0 Å². The topological polar surface area (TPSA) is 0 Å². The van der Waals surface area contributed by atoms with Gasteiger partial charge in [-0.05, 0) is 62.8 Å². The number of aryl methyl sites for hydroxylation is 2. The van der Waals surface area contributed by atoms with Gasteiger partial charge in [0, 0.05) is 0 Å². The molecule has 0 saturated carbocycles. The standard InChI is InChI=1S/C18H26/c1-7-14(5)16(8-2)12-17-11-13(4)10-15(6)18(17)9-3/h7,10-12H,8-9H2,1-6H3/b14-7?,16-12-. The zero-order valence-electron chi connectivity index (χ0n) is 12.7. The molecule has 0 heteroatoms. The molecule has 1 aromatic carbocycles. The summed E-state index contributed by atoms with van der Waals surface area (Å²) in [5.41, 5.74) is 8.47. The molecule has 0 N–H and O–H groups in total. The van der Waals surface area contributed by atoms with E-state index in [0.29, 0.717) is 0 Å². The van der Waals surface area contributed by atoms with Gasteiger partial charge in [-0.2, -0.15) is 0 Å². The molecule has 18 heavy (non-hydrogen) atoms. The maximum Gasteiger partial charge on any atom is -0.0217 e. The predicted octanol–water partition coefficient (Wildman–Crippen LogP) is 5.63. The van der Waals surface area contributed by atoms with Crippen molar-refractivity contribution in [3.63, 3.8) is 0 Å². The lowest BCUT2D eigenvalue weighted by atomic mass is 9.93. The average Bonchev–Trinajstić information content (AvgIpc) is 2.34. The van der Waals surface area contributed by atoms with Gasteiger partial charge >= 0.3 is 0 Å². The molecule has 0 aliphatic rings. The highest BCUT2D eigenvalue weighted by Gasteiger charge is 2.05. The Labute approximate surface area is 112 Å². The Morgan fingerprint density at radius 3 is 2.33 bits per heavy atom. The maximum atomic E-state index is 2.37. The van der Waals surface area contributed by atoms with E-state index >= 15 is 0 Å². The van der Waals surface area contributed by atoms with E-state index in [1.165, 1.54) is 33.4 Å². The predicted molar refractivity (Wildman–Crippen MR) is 83.0 cm³/mol. The summed E-state index contributed by atoms with van der Waals surface area (Å²) in [6.45, 7) is 13.2. The maximum absolute atomic E-state index is 2.37. The molecular weight excluding hydrogens is 216 g/mol. The zero-order chi connectivity index (χ0) is 13.7. The van der Waals surface area contributed by atoms with Gasteiger partial charge < -0.3 is 0 Å². The summed E-state index contributed by atoms with van der Waals surface area (Å²) in [7, 11) is 0. The van der Waals surface area contributed by atoms with Crippen LogP contribution in [0.15, 0.2) is 29.4 Å². The van der Waals surface area contributed by atoms with Crippen LogP contribution in [-0.2, 0) is 6.42 Å². The molecule has 0 unspecified atom stereocenters. The highest BCUT2D eigenvalue weighted by atomic mass is 14.1. The first-order valence-corrected chi connectivity index (χ1v) is 6.97. The first-order chi connectivity index (χ1) is 8.53. The third-order valence-corrected chi connectivity index (χ3v) is 3.66. The Morgan fingerprint density at radius 2 is 1.83 bits per heavy atom. The fraction of sp³-hybridized carbons (Fsp3) is 0.444. The van der Waals surface area contributed by atoms with Gasteiger partial charge in [-0.25, -0.2) is 0 Å². The lowest BCUT2D eigenvalue weighted by Gasteiger charge is -2.12. The molecule has 0 nitrogen and oxygen atoms in total. The van der Waals surface area contributed by atoms with Crippen molar-refractivity contribution in [2.24, 2.45) is 0 Å². The molecule has 0 aliphatic heterocycles. The SMILES string of the molecule is CC=C(C)/C(=C\c1cc(C)cc(C)c1CC)CC. The van der Waals surface area contributed by atoms with Crippen LogP contribution in [0.25, 0.3) is 6.08 Å². The van der Waals surface area contributed by atoms with Crippen LogP contribution in [0.4, 0.5) is 0 Å². The van der Waals surface area contributed by atoms with Gasteiger partial charge in [0.15, 0.2) is 0 Å². The molecule has 0 aliphatic carbocycles. The summed E-state index contributed by atoms with van der Waals surface area (Å²) in [5.74, 6) is 0. The zero-order valence-corrected chi connectivity index (χ0v) is 12.7. The van der Waals surface area contributed by atoms with Crippen molar-refractivity contribution in [3.8, 4) is 0 Å². The molecule has 0 fully saturated rings. The van der Waals surface area contributed by atoms with Gasteiger partial charge in [0.25, 0.3) is 0 Å². The largest absolute Gasteiger partial charge is 0.0844 e. The molecule has 0 aromatic heterocycles. The van der Waals surface area contributed by atoms with E-state index in [1.807, 2.05) is 0 Å². The van der Waals surface area contributed by atoms with Gasteiger partial charge in [0.2, 0.25) is 0 Å². The number of benzene rings is 1. The summed E-state index contributed by atoms with van der Waals surface area (Å²) >= 11 is 0. The molecule has 98 valence electrons. The Morgan fingerprint density at radius 1 is 1.17 bits per heavy atom. The molecule has 1 aromatic rings. The molecule has 0 amide bonds. The minimum absolute atomic E-state index is 1.09. The fourth-order valence-corrected chi connectivity index (χ4v) is 2.51. The van der Waals surface area contributed by atoms with Crippen LogP contribution < -0.4 is 0 Å². The van der Waals surface area contributed by atoms with E-state index in [-0.39, 0.29) is 0 Å². The summed E-state index contributed by atoms with van der Waals surface area (Å²) in [6.07, 6.45) is 6.76. The van der Waals surface area contributed by atoms with Crippen LogP contribution in [-0.4, -0.2) is 0 Å². The highest BCUT2D eigenvalue weighted by molar-refractivity contribution is 5.63. The molecule has 0 atom stereocenters. The van der Waals surface area contributed by atoms with E-state index in [4.69, 9.17) is 0 Å². The summed E-state index contributed by atoms with van der Waals surface area (Å²) in [6, 6.07) is 4.59. The number of hydrogen-bond acceptors (Lipinski definition) is 0. The number of rotatable bonds is 4. The summed E-state index contributed by atoms with van der Waals surface area (Å²) in [4.78, 5) is 0. The van der Waals surface area contributed by atoms with Crippen LogP contribution in [0.2, 0.25) is 0 Å².